The van der Waals surface area contributed by atoms with Gasteiger partial charge in [0.15, 0.2) is 0 Å². The zero-order valence-electron chi connectivity index (χ0n) is 10.5. The Morgan fingerprint density at radius 2 is 1.79 bits per heavy atom. The maximum Gasteiger partial charge on any atom is 0.123 e. The van der Waals surface area contributed by atoms with Crippen molar-refractivity contribution in [1.29, 1.82) is 0 Å². The van der Waals surface area contributed by atoms with Gasteiger partial charge in [-0.1, -0.05) is 36.7 Å². The highest BCUT2D eigenvalue weighted by Gasteiger charge is 2.14. The van der Waals surface area contributed by atoms with Crippen LogP contribution in [0.15, 0.2) is 46.9 Å². The van der Waals surface area contributed by atoms with Gasteiger partial charge in [0.2, 0.25) is 0 Å². The van der Waals surface area contributed by atoms with Gasteiger partial charge in [0, 0.05) is 4.47 Å². The van der Waals surface area contributed by atoms with Crippen LogP contribution in [0.5, 0.6) is 0 Å². The Morgan fingerprint density at radius 1 is 1.16 bits per heavy atom. The topological polar surface area (TPSA) is 12.0 Å². The van der Waals surface area contributed by atoms with E-state index >= 15 is 0 Å². The highest BCUT2D eigenvalue weighted by atomic mass is 79.9. The predicted molar refractivity (Wildman–Crippen MR) is 81.1 cm³/mol. The van der Waals surface area contributed by atoms with Crippen LogP contribution in [0.25, 0.3) is 0 Å². The Hall–Kier alpha value is -0.900. The molecule has 2 aromatic carbocycles. The number of hydrogen-bond acceptors (Lipinski definition) is 1. The number of nitrogens with one attached hydrogen (secondary N) is 1. The predicted octanol–water partition coefficient (Wildman–Crippen LogP) is 4.94. The number of rotatable bonds is 4. The molecule has 0 saturated carbocycles. The Labute approximate surface area is 125 Å². The smallest absolute Gasteiger partial charge is 0.123 e. The van der Waals surface area contributed by atoms with Gasteiger partial charge < -0.3 is 5.32 Å². The van der Waals surface area contributed by atoms with E-state index in [1.165, 1.54) is 12.1 Å². The second-order valence-corrected chi connectivity index (χ2v) is 5.48. The molecule has 1 nitrogen and oxygen atoms in total. The lowest BCUT2D eigenvalue weighted by Gasteiger charge is -2.19. The first-order chi connectivity index (χ1) is 9.11. The standard InChI is InChI=1S/C15H14BrClFN/c1-2-19-15(10-3-6-12(18)7-4-10)11-5-8-14(17)13(16)9-11/h3-9,15,19H,2H2,1H3. The van der Waals surface area contributed by atoms with Crippen molar-refractivity contribution < 1.29 is 4.39 Å². The summed E-state index contributed by atoms with van der Waals surface area (Å²) in [6.07, 6.45) is 0. The molecule has 4 heteroatoms. The third kappa shape index (κ3) is 3.56. The molecule has 0 bridgehead atoms. The molecule has 19 heavy (non-hydrogen) atoms. The van der Waals surface area contributed by atoms with Crippen molar-refractivity contribution in [3.63, 3.8) is 0 Å². The van der Waals surface area contributed by atoms with Gasteiger partial charge in [0.25, 0.3) is 0 Å². The van der Waals surface area contributed by atoms with Gasteiger partial charge in [0.1, 0.15) is 5.82 Å². The van der Waals surface area contributed by atoms with E-state index in [-0.39, 0.29) is 11.9 Å². The third-order valence-electron chi connectivity index (χ3n) is 2.89. The van der Waals surface area contributed by atoms with Gasteiger partial charge in [-0.15, -0.1) is 0 Å². The van der Waals surface area contributed by atoms with Crippen LogP contribution in [0.2, 0.25) is 5.02 Å². The molecule has 0 amide bonds. The first-order valence-electron chi connectivity index (χ1n) is 6.05. The maximum atomic E-state index is 13.0. The maximum absolute atomic E-state index is 13.0. The summed E-state index contributed by atoms with van der Waals surface area (Å²) >= 11 is 9.44. The molecular formula is C15H14BrClFN. The van der Waals surface area contributed by atoms with Crippen LogP contribution in [0.1, 0.15) is 24.1 Å². The second-order valence-electron chi connectivity index (χ2n) is 4.22. The third-order valence-corrected chi connectivity index (χ3v) is 4.10. The largest absolute Gasteiger partial charge is 0.307 e. The van der Waals surface area contributed by atoms with Crippen LogP contribution in [-0.4, -0.2) is 6.54 Å². The minimum absolute atomic E-state index is 0.0270. The molecule has 0 saturated heterocycles. The van der Waals surface area contributed by atoms with Crippen molar-refractivity contribution in [1.82, 2.24) is 5.32 Å². The molecule has 0 aliphatic rings. The van der Waals surface area contributed by atoms with Crippen molar-refractivity contribution in [3.05, 3.63) is 68.9 Å². The SMILES string of the molecule is CCNC(c1ccc(F)cc1)c1ccc(Cl)c(Br)c1. The summed E-state index contributed by atoms with van der Waals surface area (Å²) in [4.78, 5) is 0. The molecule has 0 aromatic heterocycles. The molecule has 0 heterocycles. The van der Waals surface area contributed by atoms with E-state index in [1.807, 2.05) is 25.1 Å². The molecule has 0 aliphatic carbocycles. The first kappa shape index (κ1) is 14.5. The quantitative estimate of drug-likeness (QED) is 0.830. The van der Waals surface area contributed by atoms with Crippen molar-refractivity contribution in [2.45, 2.75) is 13.0 Å². The van der Waals surface area contributed by atoms with E-state index in [1.54, 1.807) is 12.1 Å². The summed E-state index contributed by atoms with van der Waals surface area (Å²) in [6.45, 7) is 2.86. The zero-order chi connectivity index (χ0) is 13.8. The van der Waals surface area contributed by atoms with Crippen LogP contribution in [0, 0.1) is 5.82 Å². The van der Waals surface area contributed by atoms with Gasteiger partial charge in [-0.25, -0.2) is 4.39 Å². The van der Waals surface area contributed by atoms with E-state index in [2.05, 4.69) is 21.2 Å². The van der Waals surface area contributed by atoms with E-state index in [0.29, 0.717) is 5.02 Å². The normalized spacial score (nSPS) is 12.4. The fraction of sp³-hybridized carbons (Fsp3) is 0.200. The Balaban J connectivity index is 2.38. The van der Waals surface area contributed by atoms with Crippen molar-refractivity contribution >= 4 is 27.5 Å². The lowest BCUT2D eigenvalue weighted by Crippen LogP contribution is -2.22. The van der Waals surface area contributed by atoms with Crippen LogP contribution in [0.4, 0.5) is 4.39 Å². The summed E-state index contributed by atoms with van der Waals surface area (Å²) in [5.41, 5.74) is 2.11. The molecule has 0 aliphatic heterocycles. The number of halogens is 3. The molecule has 0 radical (unpaired) electrons. The molecule has 1 atom stereocenters. The van der Waals surface area contributed by atoms with Crippen molar-refractivity contribution in [3.8, 4) is 0 Å². The Kier molecular flexibility index (Phi) is 4.97. The first-order valence-corrected chi connectivity index (χ1v) is 7.22. The average Bonchev–Trinajstić information content (AvgIpc) is 2.41. The molecule has 100 valence electrons. The highest BCUT2D eigenvalue weighted by Crippen LogP contribution is 2.29. The minimum Gasteiger partial charge on any atom is -0.307 e. The molecule has 1 N–H and O–H groups in total. The van der Waals surface area contributed by atoms with Crippen molar-refractivity contribution in [2.24, 2.45) is 0 Å². The highest BCUT2D eigenvalue weighted by molar-refractivity contribution is 9.10. The molecule has 0 spiro atoms. The average molecular weight is 343 g/mol. The number of hydrogen-bond donors (Lipinski definition) is 1. The van der Waals surface area contributed by atoms with E-state index in [0.717, 1.165) is 22.1 Å². The molecular weight excluding hydrogens is 329 g/mol. The van der Waals surface area contributed by atoms with Gasteiger partial charge in [0.05, 0.1) is 11.1 Å². The van der Waals surface area contributed by atoms with E-state index < -0.39 is 0 Å². The molecule has 1 unspecified atom stereocenters. The second kappa shape index (κ2) is 6.51. The Bertz CT molecular complexity index is 557. The van der Waals surface area contributed by atoms with Crippen LogP contribution >= 0.6 is 27.5 Å². The van der Waals surface area contributed by atoms with Crippen LogP contribution in [-0.2, 0) is 0 Å². The van der Waals surface area contributed by atoms with Gasteiger partial charge in [-0.3, -0.25) is 0 Å². The van der Waals surface area contributed by atoms with Crippen molar-refractivity contribution in [2.75, 3.05) is 6.54 Å². The van der Waals surface area contributed by atoms with Gasteiger partial charge in [-0.2, -0.15) is 0 Å². The van der Waals surface area contributed by atoms with Gasteiger partial charge >= 0.3 is 0 Å². The summed E-state index contributed by atoms with van der Waals surface area (Å²) < 4.78 is 13.9. The van der Waals surface area contributed by atoms with Crippen LogP contribution in [0.3, 0.4) is 0 Å². The monoisotopic (exact) mass is 341 g/mol. The van der Waals surface area contributed by atoms with E-state index in [9.17, 15) is 4.39 Å². The summed E-state index contributed by atoms with van der Waals surface area (Å²) in [7, 11) is 0. The fourth-order valence-electron chi connectivity index (χ4n) is 1.98. The molecule has 2 aromatic rings. The fourth-order valence-corrected chi connectivity index (χ4v) is 2.49. The number of benzene rings is 2. The van der Waals surface area contributed by atoms with Crippen LogP contribution < -0.4 is 5.32 Å². The lowest BCUT2D eigenvalue weighted by molar-refractivity contribution is 0.613. The zero-order valence-corrected chi connectivity index (χ0v) is 12.8. The summed E-state index contributed by atoms with van der Waals surface area (Å²) in [6, 6.07) is 12.4. The summed E-state index contributed by atoms with van der Waals surface area (Å²) in [5, 5.41) is 4.07. The van der Waals surface area contributed by atoms with E-state index in [4.69, 9.17) is 11.6 Å². The lowest BCUT2D eigenvalue weighted by atomic mass is 9.99. The minimum atomic E-state index is -0.226. The Morgan fingerprint density at radius 3 is 2.37 bits per heavy atom. The molecule has 0 fully saturated rings. The van der Waals surface area contributed by atoms with Gasteiger partial charge in [-0.05, 0) is 57.9 Å². The summed E-state index contributed by atoms with van der Waals surface area (Å²) in [5.74, 6) is -0.226. The molecule has 2 rings (SSSR count).